The summed E-state index contributed by atoms with van der Waals surface area (Å²) in [6.45, 7) is 4.85. The Kier molecular flexibility index (Phi) is 8.20. The van der Waals surface area contributed by atoms with Crippen LogP contribution in [0.5, 0.6) is 0 Å². The molecule has 2 aromatic rings. The summed E-state index contributed by atoms with van der Waals surface area (Å²) in [6.07, 6.45) is 1.69. The van der Waals surface area contributed by atoms with E-state index in [1.807, 2.05) is 11.5 Å². The molecular weight excluding hydrogens is 396 g/mol. The smallest absolute Gasteiger partial charge is 0.337 e. The van der Waals surface area contributed by atoms with Crippen molar-refractivity contribution in [2.45, 2.75) is 38.4 Å². The fourth-order valence-corrected chi connectivity index (χ4v) is 3.42. The molecule has 0 aliphatic rings. The van der Waals surface area contributed by atoms with E-state index in [0.29, 0.717) is 10.8 Å². The molecule has 0 spiro atoms. The van der Waals surface area contributed by atoms with Gasteiger partial charge in [0.15, 0.2) is 5.16 Å². The summed E-state index contributed by atoms with van der Waals surface area (Å²) >= 11 is 1.27. The number of amides is 1. The molecule has 1 aromatic heterocycles. The second-order valence-corrected chi connectivity index (χ2v) is 6.97. The summed E-state index contributed by atoms with van der Waals surface area (Å²) in [5.41, 5.74) is 0.561. The van der Waals surface area contributed by atoms with Crippen molar-refractivity contribution in [3.8, 4) is 0 Å². The van der Waals surface area contributed by atoms with E-state index in [0.717, 1.165) is 25.2 Å². The SMILES string of the molecule is CCCn1c(CC)nnc1SCC(=O)Nc1cc(C(=O)OC)cc(C(=O)OC)c1. The molecule has 0 unspecified atom stereocenters. The number of hydrogen-bond donors (Lipinski definition) is 1. The molecule has 0 saturated carbocycles. The van der Waals surface area contributed by atoms with Gasteiger partial charge in [0.1, 0.15) is 5.82 Å². The van der Waals surface area contributed by atoms with Gasteiger partial charge >= 0.3 is 11.9 Å². The Balaban J connectivity index is 2.13. The highest BCUT2D eigenvalue weighted by Crippen LogP contribution is 2.20. The second kappa shape index (κ2) is 10.6. The Morgan fingerprint density at radius 2 is 1.66 bits per heavy atom. The van der Waals surface area contributed by atoms with Gasteiger partial charge in [-0.3, -0.25) is 4.79 Å². The van der Waals surface area contributed by atoms with Crippen LogP contribution in [0.4, 0.5) is 5.69 Å². The average molecular weight is 420 g/mol. The maximum absolute atomic E-state index is 12.4. The lowest BCUT2D eigenvalue weighted by molar-refractivity contribution is -0.113. The third kappa shape index (κ3) is 5.80. The van der Waals surface area contributed by atoms with Crippen molar-refractivity contribution in [3.05, 3.63) is 35.2 Å². The lowest BCUT2D eigenvalue weighted by Gasteiger charge is -2.10. The van der Waals surface area contributed by atoms with Gasteiger partial charge in [0.2, 0.25) is 5.91 Å². The summed E-state index contributed by atoms with van der Waals surface area (Å²) in [6, 6.07) is 4.23. The van der Waals surface area contributed by atoms with Crippen LogP contribution >= 0.6 is 11.8 Å². The average Bonchev–Trinajstić information content (AvgIpc) is 3.12. The number of benzene rings is 1. The third-order valence-electron chi connectivity index (χ3n) is 3.95. The Labute approximate surface area is 173 Å². The zero-order chi connectivity index (χ0) is 21.4. The van der Waals surface area contributed by atoms with Gasteiger partial charge in [-0.1, -0.05) is 25.6 Å². The van der Waals surface area contributed by atoms with Gasteiger partial charge in [0.25, 0.3) is 0 Å². The highest BCUT2D eigenvalue weighted by Gasteiger charge is 2.16. The van der Waals surface area contributed by atoms with Gasteiger partial charge in [0, 0.05) is 18.7 Å². The molecule has 1 heterocycles. The number of rotatable bonds is 9. The van der Waals surface area contributed by atoms with Crippen molar-refractivity contribution in [2.24, 2.45) is 0 Å². The molecule has 1 N–H and O–H groups in total. The van der Waals surface area contributed by atoms with E-state index < -0.39 is 11.9 Å². The van der Waals surface area contributed by atoms with Crippen molar-refractivity contribution in [1.29, 1.82) is 0 Å². The lowest BCUT2D eigenvalue weighted by atomic mass is 10.1. The van der Waals surface area contributed by atoms with Crippen LogP contribution in [0.2, 0.25) is 0 Å². The van der Waals surface area contributed by atoms with Gasteiger partial charge in [0.05, 0.1) is 31.1 Å². The molecule has 1 amide bonds. The molecule has 0 radical (unpaired) electrons. The zero-order valence-corrected chi connectivity index (χ0v) is 17.7. The minimum absolute atomic E-state index is 0.0988. The van der Waals surface area contributed by atoms with Crippen LogP contribution in [0.1, 0.15) is 46.8 Å². The molecule has 9 nitrogen and oxygen atoms in total. The molecule has 0 bridgehead atoms. The van der Waals surface area contributed by atoms with Gasteiger partial charge in [-0.25, -0.2) is 9.59 Å². The third-order valence-corrected chi connectivity index (χ3v) is 4.91. The number of nitrogens with one attached hydrogen (secondary N) is 1. The maximum atomic E-state index is 12.4. The molecular formula is C19H24N4O5S. The van der Waals surface area contributed by atoms with Crippen LogP contribution in [0, 0.1) is 0 Å². The van der Waals surface area contributed by atoms with Crippen molar-refractivity contribution in [1.82, 2.24) is 14.8 Å². The molecule has 156 valence electrons. The van der Waals surface area contributed by atoms with E-state index in [4.69, 9.17) is 9.47 Å². The predicted octanol–water partition coefficient (Wildman–Crippen LogP) is 2.55. The quantitative estimate of drug-likeness (QED) is 0.486. The van der Waals surface area contributed by atoms with Crippen LogP contribution in [-0.2, 0) is 27.2 Å². The van der Waals surface area contributed by atoms with Crippen molar-refractivity contribution < 1.29 is 23.9 Å². The highest BCUT2D eigenvalue weighted by molar-refractivity contribution is 7.99. The minimum Gasteiger partial charge on any atom is -0.465 e. The molecule has 2 rings (SSSR count). The number of ether oxygens (including phenoxy) is 2. The fourth-order valence-electron chi connectivity index (χ4n) is 2.63. The normalized spacial score (nSPS) is 10.5. The standard InChI is InChI=1S/C19H24N4O5S/c1-5-7-23-15(6-2)21-22-19(23)29-11-16(24)20-14-9-12(17(25)27-3)8-13(10-14)18(26)28-4/h8-10H,5-7,11H2,1-4H3,(H,20,24). The minimum atomic E-state index is -0.625. The van der Waals surface area contributed by atoms with E-state index in [9.17, 15) is 14.4 Å². The maximum Gasteiger partial charge on any atom is 0.337 e. The highest BCUT2D eigenvalue weighted by atomic mass is 32.2. The van der Waals surface area contributed by atoms with E-state index in [1.54, 1.807) is 0 Å². The first-order valence-electron chi connectivity index (χ1n) is 9.09. The van der Waals surface area contributed by atoms with Gasteiger partial charge < -0.3 is 19.4 Å². The molecule has 0 saturated heterocycles. The van der Waals surface area contributed by atoms with E-state index in [1.165, 1.54) is 44.2 Å². The number of aromatic nitrogens is 3. The Morgan fingerprint density at radius 1 is 1.03 bits per heavy atom. The largest absolute Gasteiger partial charge is 0.465 e. The lowest BCUT2D eigenvalue weighted by Crippen LogP contribution is -2.16. The van der Waals surface area contributed by atoms with Crippen LogP contribution in [-0.4, -0.2) is 52.6 Å². The van der Waals surface area contributed by atoms with Crippen LogP contribution in [0.3, 0.4) is 0 Å². The zero-order valence-electron chi connectivity index (χ0n) is 16.9. The molecule has 0 atom stereocenters. The fraction of sp³-hybridized carbons (Fsp3) is 0.421. The number of hydrogen-bond acceptors (Lipinski definition) is 8. The number of carbonyl (C=O) groups is 3. The van der Waals surface area contributed by atoms with Crippen LogP contribution in [0.25, 0.3) is 0 Å². The van der Waals surface area contributed by atoms with E-state index >= 15 is 0 Å². The first-order chi connectivity index (χ1) is 13.9. The summed E-state index contributed by atoms with van der Waals surface area (Å²) < 4.78 is 11.4. The molecule has 0 aliphatic carbocycles. The molecule has 29 heavy (non-hydrogen) atoms. The second-order valence-electron chi connectivity index (χ2n) is 6.02. The van der Waals surface area contributed by atoms with Gasteiger partial charge in [-0.05, 0) is 24.6 Å². The number of esters is 2. The molecule has 0 fully saturated rings. The Bertz CT molecular complexity index is 862. The first kappa shape index (κ1) is 22.4. The topological polar surface area (TPSA) is 112 Å². The molecule has 0 aliphatic heterocycles. The summed E-state index contributed by atoms with van der Waals surface area (Å²) in [5.74, 6) is -0.581. The van der Waals surface area contributed by atoms with E-state index in [-0.39, 0.29) is 22.8 Å². The van der Waals surface area contributed by atoms with Crippen LogP contribution in [0.15, 0.2) is 23.4 Å². The van der Waals surface area contributed by atoms with E-state index in [2.05, 4.69) is 22.4 Å². The number of anilines is 1. The Hall–Kier alpha value is -2.88. The number of thioether (sulfide) groups is 1. The molecule has 1 aromatic carbocycles. The summed E-state index contributed by atoms with van der Waals surface area (Å²) in [4.78, 5) is 36.1. The monoisotopic (exact) mass is 420 g/mol. The first-order valence-corrected chi connectivity index (χ1v) is 10.1. The van der Waals surface area contributed by atoms with Crippen molar-refractivity contribution >= 4 is 35.3 Å². The molecule has 10 heteroatoms. The predicted molar refractivity (Wildman–Crippen MR) is 108 cm³/mol. The number of aryl methyl sites for hydroxylation is 1. The Morgan fingerprint density at radius 3 is 2.17 bits per heavy atom. The summed E-state index contributed by atoms with van der Waals surface area (Å²) in [7, 11) is 2.47. The number of carbonyl (C=O) groups excluding carboxylic acids is 3. The number of nitrogens with zero attached hydrogens (tertiary/aromatic N) is 3. The van der Waals surface area contributed by atoms with Gasteiger partial charge in [-0.15, -0.1) is 10.2 Å². The van der Waals surface area contributed by atoms with Crippen molar-refractivity contribution in [3.63, 3.8) is 0 Å². The van der Waals surface area contributed by atoms with Crippen molar-refractivity contribution in [2.75, 3.05) is 25.3 Å². The van der Waals surface area contributed by atoms with Gasteiger partial charge in [-0.2, -0.15) is 0 Å². The summed E-state index contributed by atoms with van der Waals surface area (Å²) in [5, 5.41) is 11.7. The number of methoxy groups -OCH3 is 2. The van der Waals surface area contributed by atoms with Crippen LogP contribution < -0.4 is 5.32 Å².